The lowest BCUT2D eigenvalue weighted by Gasteiger charge is -1.93. The summed E-state index contributed by atoms with van der Waals surface area (Å²) in [5.41, 5.74) is 0. The zero-order valence-corrected chi connectivity index (χ0v) is 7.59. The highest BCUT2D eigenvalue weighted by Gasteiger charge is 1.99. The van der Waals surface area contributed by atoms with E-state index in [0.717, 1.165) is 4.88 Å². The van der Waals surface area contributed by atoms with Gasteiger partial charge in [0.15, 0.2) is 4.47 Å². The van der Waals surface area contributed by atoms with E-state index in [4.69, 9.17) is 11.6 Å². The highest BCUT2D eigenvalue weighted by molar-refractivity contribution is 7.15. The second-order valence-electron chi connectivity index (χ2n) is 2.17. The van der Waals surface area contributed by atoms with Gasteiger partial charge in [0.2, 0.25) is 0 Å². The molecule has 0 saturated heterocycles. The largest absolute Gasteiger partial charge is 0.248 e. The fourth-order valence-electron chi connectivity index (χ4n) is 0.831. The third kappa shape index (κ3) is 1.62. The minimum atomic E-state index is 0.560. The summed E-state index contributed by atoms with van der Waals surface area (Å²) < 4.78 is 2.29. The average molecular weight is 201 g/mol. The van der Waals surface area contributed by atoms with Crippen LogP contribution in [0.3, 0.4) is 0 Å². The van der Waals surface area contributed by atoms with E-state index >= 15 is 0 Å². The second kappa shape index (κ2) is 3.20. The van der Waals surface area contributed by atoms with Gasteiger partial charge in [-0.25, -0.2) is 14.6 Å². The first-order valence-electron chi connectivity index (χ1n) is 3.27. The molecule has 0 N–H and O–H groups in total. The van der Waals surface area contributed by atoms with Crippen molar-refractivity contribution >= 4 is 22.9 Å². The average Bonchev–Trinajstić information content (AvgIpc) is 2.63. The van der Waals surface area contributed by atoms with Crippen LogP contribution < -0.4 is 0 Å². The summed E-state index contributed by atoms with van der Waals surface area (Å²) >= 11 is 7.11. The van der Waals surface area contributed by atoms with E-state index in [1.54, 1.807) is 17.2 Å². The van der Waals surface area contributed by atoms with E-state index in [1.165, 1.54) is 17.7 Å². The zero-order chi connectivity index (χ0) is 8.39. The Labute approximate surface area is 77.8 Å². The molecule has 0 aliphatic rings. The first-order valence-corrected chi connectivity index (χ1v) is 4.46. The molecule has 0 aromatic carbocycles. The summed E-state index contributed by atoms with van der Waals surface area (Å²) in [6.45, 7) is 0.685. The minimum absolute atomic E-state index is 0.560. The van der Waals surface area contributed by atoms with Crippen molar-refractivity contribution < 1.29 is 0 Å². The van der Waals surface area contributed by atoms with Crippen LogP contribution in [0.1, 0.15) is 4.88 Å². The smallest absolute Gasteiger partial charge is 0.183 e. The van der Waals surface area contributed by atoms with Crippen LogP contribution in [0.4, 0.5) is 0 Å². The molecule has 0 unspecified atom stereocenters. The topological polar surface area (TPSA) is 43.6 Å². The van der Waals surface area contributed by atoms with Gasteiger partial charge in [-0.1, -0.05) is 11.6 Å². The fraction of sp³-hybridized carbons (Fsp3) is 0.167. The lowest BCUT2D eigenvalue weighted by Crippen LogP contribution is -1.97. The van der Waals surface area contributed by atoms with E-state index in [-0.39, 0.29) is 0 Å². The Morgan fingerprint density at radius 1 is 1.58 bits per heavy atom. The lowest BCUT2D eigenvalue weighted by molar-refractivity contribution is 0.692. The van der Waals surface area contributed by atoms with Crippen molar-refractivity contribution in [2.24, 2.45) is 0 Å². The maximum atomic E-state index is 5.66. The Hall–Kier alpha value is -0.940. The van der Waals surface area contributed by atoms with E-state index in [2.05, 4.69) is 15.1 Å². The van der Waals surface area contributed by atoms with Crippen LogP contribution in [0.2, 0.25) is 4.47 Å². The van der Waals surface area contributed by atoms with Crippen LogP contribution in [-0.4, -0.2) is 19.7 Å². The fourth-order valence-corrected chi connectivity index (χ4v) is 1.80. The molecular weight excluding hydrogens is 196 g/mol. The van der Waals surface area contributed by atoms with Gasteiger partial charge in [-0.3, -0.25) is 0 Å². The molecule has 0 saturated carbocycles. The molecule has 2 heterocycles. The Bertz CT molecular complexity index is 355. The monoisotopic (exact) mass is 200 g/mol. The quantitative estimate of drug-likeness (QED) is 0.737. The predicted octanol–water partition coefficient (Wildman–Crippen LogP) is 1.44. The molecule has 12 heavy (non-hydrogen) atoms. The molecule has 0 aliphatic carbocycles. The van der Waals surface area contributed by atoms with Gasteiger partial charge >= 0.3 is 0 Å². The van der Waals surface area contributed by atoms with Crippen LogP contribution >= 0.6 is 22.9 Å². The normalized spacial score (nSPS) is 10.4. The first-order chi connectivity index (χ1) is 5.84. The molecule has 0 amide bonds. The van der Waals surface area contributed by atoms with Crippen molar-refractivity contribution in [3.05, 3.63) is 28.2 Å². The molecule has 62 valence electrons. The molecule has 0 fully saturated rings. The second-order valence-corrected chi connectivity index (χ2v) is 3.87. The molecule has 4 nitrogen and oxygen atoms in total. The van der Waals surface area contributed by atoms with Crippen molar-refractivity contribution in [3.63, 3.8) is 0 Å². The van der Waals surface area contributed by atoms with Gasteiger partial charge in [-0.2, -0.15) is 5.10 Å². The maximum Gasteiger partial charge on any atom is 0.183 e. The van der Waals surface area contributed by atoms with Crippen molar-refractivity contribution in [3.8, 4) is 0 Å². The molecule has 0 atom stereocenters. The Morgan fingerprint density at radius 3 is 3.08 bits per heavy atom. The third-order valence-electron chi connectivity index (χ3n) is 1.31. The van der Waals surface area contributed by atoms with Crippen LogP contribution in [0, 0.1) is 0 Å². The van der Waals surface area contributed by atoms with Crippen molar-refractivity contribution in [2.45, 2.75) is 6.54 Å². The Kier molecular flexibility index (Phi) is 2.05. The van der Waals surface area contributed by atoms with E-state index in [0.29, 0.717) is 11.0 Å². The lowest BCUT2D eigenvalue weighted by atomic mass is 10.5. The number of aromatic nitrogens is 4. The summed E-state index contributed by atoms with van der Waals surface area (Å²) in [5.74, 6) is 0. The molecule has 0 spiro atoms. The number of nitrogens with zero attached hydrogens (tertiary/aromatic N) is 4. The number of thiazole rings is 1. The minimum Gasteiger partial charge on any atom is -0.248 e. The predicted molar refractivity (Wildman–Crippen MR) is 46.2 cm³/mol. The van der Waals surface area contributed by atoms with Crippen molar-refractivity contribution in [2.75, 3.05) is 0 Å². The number of hydrogen-bond acceptors (Lipinski definition) is 4. The highest BCUT2D eigenvalue weighted by atomic mass is 35.5. The van der Waals surface area contributed by atoms with E-state index in [9.17, 15) is 0 Å². The summed E-state index contributed by atoms with van der Waals surface area (Å²) in [6, 6.07) is 0. The van der Waals surface area contributed by atoms with E-state index in [1.807, 2.05) is 0 Å². The highest BCUT2D eigenvalue weighted by Crippen LogP contribution is 2.17. The molecule has 2 aromatic heterocycles. The van der Waals surface area contributed by atoms with E-state index < -0.39 is 0 Å². The van der Waals surface area contributed by atoms with Gasteiger partial charge in [0.25, 0.3) is 0 Å². The van der Waals surface area contributed by atoms with Crippen LogP contribution in [0.5, 0.6) is 0 Å². The summed E-state index contributed by atoms with van der Waals surface area (Å²) in [4.78, 5) is 8.82. The SMILES string of the molecule is Clc1ncc(Cn2cncn2)s1. The molecule has 6 heteroatoms. The third-order valence-corrected chi connectivity index (χ3v) is 2.41. The van der Waals surface area contributed by atoms with Crippen LogP contribution in [-0.2, 0) is 6.54 Å². The molecular formula is C6H5ClN4S. The standard InChI is InChI=1S/C6H5ClN4S/c7-6-9-1-5(12-6)2-11-4-8-3-10-11/h1,3-4H,2H2. The summed E-state index contributed by atoms with van der Waals surface area (Å²) in [7, 11) is 0. The summed E-state index contributed by atoms with van der Waals surface area (Å²) in [6.07, 6.45) is 4.91. The number of rotatable bonds is 2. The number of hydrogen-bond donors (Lipinski definition) is 0. The van der Waals surface area contributed by atoms with Crippen molar-refractivity contribution in [1.82, 2.24) is 19.7 Å². The maximum absolute atomic E-state index is 5.66. The Balaban J connectivity index is 2.14. The Morgan fingerprint density at radius 2 is 2.50 bits per heavy atom. The van der Waals surface area contributed by atoms with Gasteiger partial charge in [0.1, 0.15) is 12.7 Å². The van der Waals surface area contributed by atoms with Crippen molar-refractivity contribution in [1.29, 1.82) is 0 Å². The van der Waals surface area contributed by atoms with Gasteiger partial charge in [0, 0.05) is 11.1 Å². The molecule has 0 aliphatic heterocycles. The van der Waals surface area contributed by atoms with Gasteiger partial charge in [0.05, 0.1) is 6.54 Å². The molecule has 2 rings (SSSR count). The molecule has 0 bridgehead atoms. The molecule has 2 aromatic rings. The summed E-state index contributed by atoms with van der Waals surface area (Å²) in [5, 5.41) is 3.96. The van der Waals surface area contributed by atoms with Gasteiger partial charge in [-0.05, 0) is 0 Å². The van der Waals surface area contributed by atoms with Gasteiger partial charge in [-0.15, -0.1) is 11.3 Å². The van der Waals surface area contributed by atoms with Crippen LogP contribution in [0.15, 0.2) is 18.9 Å². The van der Waals surface area contributed by atoms with Gasteiger partial charge < -0.3 is 0 Å². The number of halogens is 1. The molecule has 0 radical (unpaired) electrons. The zero-order valence-electron chi connectivity index (χ0n) is 6.01. The van der Waals surface area contributed by atoms with Crippen LogP contribution in [0.25, 0.3) is 0 Å². The first kappa shape index (κ1) is 7.70.